The van der Waals surface area contributed by atoms with Gasteiger partial charge in [-0.05, 0) is 35.8 Å². The number of thioether (sulfide) groups is 1. The van der Waals surface area contributed by atoms with Crippen molar-refractivity contribution in [1.82, 2.24) is 10.3 Å². The van der Waals surface area contributed by atoms with Gasteiger partial charge in [0.25, 0.3) is 0 Å². The lowest BCUT2D eigenvalue weighted by Crippen LogP contribution is -2.48. The Labute approximate surface area is 212 Å². The quantitative estimate of drug-likeness (QED) is 0.529. The number of primary amides is 1. The largest absolute Gasteiger partial charge is 0.368 e. The van der Waals surface area contributed by atoms with Crippen LogP contribution in [0.1, 0.15) is 68.0 Å². The van der Waals surface area contributed by atoms with E-state index in [0.29, 0.717) is 34.0 Å². The summed E-state index contributed by atoms with van der Waals surface area (Å²) >= 11 is 1.18. The summed E-state index contributed by atoms with van der Waals surface area (Å²) in [4.78, 5) is 19.4. The first-order valence-corrected chi connectivity index (χ1v) is 12.9. The Bertz CT molecular complexity index is 1130. The zero-order chi connectivity index (χ0) is 25.6. The first kappa shape index (κ1) is 26.5. The number of rotatable bonds is 8. The van der Waals surface area contributed by atoms with Gasteiger partial charge in [-0.3, -0.25) is 4.79 Å². The van der Waals surface area contributed by atoms with Crippen LogP contribution in [-0.2, 0) is 11.2 Å². The number of benzene rings is 1. The Morgan fingerprint density at radius 1 is 1.26 bits per heavy atom. The molecule has 2 aromatic rings. The van der Waals surface area contributed by atoms with Gasteiger partial charge in [-0.25, -0.2) is 4.98 Å². The number of nitriles is 2. The molecule has 0 bridgehead atoms. The first-order chi connectivity index (χ1) is 16.7. The van der Waals surface area contributed by atoms with Crippen molar-refractivity contribution in [3.63, 3.8) is 0 Å². The molecule has 0 aliphatic carbocycles. The average Bonchev–Trinajstić information content (AvgIpc) is 2.85. The molecule has 0 radical (unpaired) electrons. The van der Waals surface area contributed by atoms with Crippen LogP contribution in [0.5, 0.6) is 0 Å². The van der Waals surface area contributed by atoms with Crippen molar-refractivity contribution in [3.05, 3.63) is 52.6 Å². The Balaban J connectivity index is 2.02. The number of nitrogens with one attached hydrogen (secondary N) is 1. The number of nitrogens with zero attached hydrogens (tertiary/aromatic N) is 4. The summed E-state index contributed by atoms with van der Waals surface area (Å²) in [6, 6.07) is 14.1. The fourth-order valence-corrected chi connectivity index (χ4v) is 5.37. The molecule has 3 N–H and O–H groups in total. The summed E-state index contributed by atoms with van der Waals surface area (Å²) < 4.78 is 0. The Morgan fingerprint density at radius 2 is 1.94 bits per heavy atom. The highest BCUT2D eigenvalue weighted by Gasteiger charge is 2.29. The molecule has 2 heterocycles. The van der Waals surface area contributed by atoms with E-state index in [2.05, 4.69) is 43.1 Å². The summed E-state index contributed by atoms with van der Waals surface area (Å²) in [5.74, 6) is 0.0876. The summed E-state index contributed by atoms with van der Waals surface area (Å²) in [5.41, 5.74) is 8.15. The smallest absolute Gasteiger partial charge is 0.235 e. The Hall–Kier alpha value is -3.07. The summed E-state index contributed by atoms with van der Waals surface area (Å²) in [5, 5.41) is 23.5. The van der Waals surface area contributed by atoms with Gasteiger partial charge in [-0.1, -0.05) is 69.8 Å². The van der Waals surface area contributed by atoms with Crippen LogP contribution in [0.15, 0.2) is 35.4 Å². The lowest BCUT2D eigenvalue weighted by atomic mass is 9.95. The molecular weight excluding hydrogens is 456 g/mol. The van der Waals surface area contributed by atoms with Crippen molar-refractivity contribution in [3.8, 4) is 12.1 Å². The second-order valence-electron chi connectivity index (χ2n) is 10.1. The van der Waals surface area contributed by atoms with Gasteiger partial charge in [0.15, 0.2) is 0 Å². The van der Waals surface area contributed by atoms with Gasteiger partial charge in [0, 0.05) is 25.7 Å². The minimum absolute atomic E-state index is 0.174. The van der Waals surface area contributed by atoms with Crippen molar-refractivity contribution in [2.24, 2.45) is 11.1 Å². The van der Waals surface area contributed by atoms with E-state index in [9.17, 15) is 15.3 Å². The second kappa shape index (κ2) is 11.6. The summed E-state index contributed by atoms with van der Waals surface area (Å²) in [6.45, 7) is 11.0. The standard InChI is InChI=1S/C27H34N6OS/c1-5-20-21(14-28)25(33-13-9-12-19(16-33)31-17-27(2,3)4)32-26(22(20)15-29)35-23(24(30)34)18-10-7-6-8-11-18/h6-8,10-11,19,23,31H,5,9,12-13,16-17H2,1-4H3,(H2,30,34)/t19-,23?/m0/s1. The molecule has 7 nitrogen and oxygen atoms in total. The summed E-state index contributed by atoms with van der Waals surface area (Å²) in [6.07, 6.45) is 2.55. The van der Waals surface area contributed by atoms with Crippen LogP contribution in [0.4, 0.5) is 5.82 Å². The molecule has 1 fully saturated rings. The maximum atomic E-state index is 12.4. The number of piperidine rings is 1. The van der Waals surface area contributed by atoms with Crippen LogP contribution < -0.4 is 16.0 Å². The van der Waals surface area contributed by atoms with Crippen LogP contribution in [0, 0.1) is 28.1 Å². The van der Waals surface area contributed by atoms with E-state index in [4.69, 9.17) is 10.7 Å². The molecule has 8 heteroatoms. The minimum atomic E-state index is -0.691. The van der Waals surface area contributed by atoms with Crippen LogP contribution in [0.3, 0.4) is 0 Å². The number of amides is 1. The first-order valence-electron chi connectivity index (χ1n) is 12.0. The number of nitrogens with two attached hydrogens (primary N) is 1. The van der Waals surface area contributed by atoms with Gasteiger partial charge in [0.1, 0.15) is 28.2 Å². The van der Waals surface area contributed by atoms with E-state index in [1.807, 2.05) is 37.3 Å². The average molecular weight is 491 g/mol. The van der Waals surface area contributed by atoms with E-state index in [1.165, 1.54) is 11.8 Å². The molecule has 0 spiro atoms. The fourth-order valence-electron chi connectivity index (χ4n) is 4.31. The molecule has 184 valence electrons. The van der Waals surface area contributed by atoms with Crippen molar-refractivity contribution in [2.45, 2.75) is 63.3 Å². The number of pyridine rings is 1. The molecule has 1 unspecified atom stereocenters. The maximum Gasteiger partial charge on any atom is 0.235 e. The SMILES string of the molecule is CCc1c(C#N)c(SC(C(N)=O)c2ccccc2)nc(N2CCC[C@H](NCC(C)(C)C)C2)c1C#N. The second-order valence-corrected chi connectivity index (χ2v) is 11.2. The topological polar surface area (TPSA) is 119 Å². The number of carbonyl (C=O) groups is 1. The molecule has 0 saturated carbocycles. The van der Waals surface area contributed by atoms with Crippen molar-refractivity contribution >= 4 is 23.5 Å². The zero-order valence-corrected chi connectivity index (χ0v) is 21.8. The molecule has 1 saturated heterocycles. The lowest BCUT2D eigenvalue weighted by molar-refractivity contribution is -0.117. The van der Waals surface area contributed by atoms with Crippen LogP contribution in [0.2, 0.25) is 0 Å². The van der Waals surface area contributed by atoms with E-state index in [0.717, 1.165) is 38.0 Å². The number of hydrogen-bond donors (Lipinski definition) is 2. The molecule has 3 rings (SSSR count). The number of aromatic nitrogens is 1. The third-order valence-corrected chi connectivity index (χ3v) is 7.32. The van der Waals surface area contributed by atoms with Gasteiger partial charge >= 0.3 is 0 Å². The number of hydrogen-bond acceptors (Lipinski definition) is 7. The maximum absolute atomic E-state index is 12.4. The van der Waals surface area contributed by atoms with Gasteiger partial charge in [-0.15, -0.1) is 0 Å². The highest BCUT2D eigenvalue weighted by molar-refractivity contribution is 8.00. The van der Waals surface area contributed by atoms with Crippen LogP contribution >= 0.6 is 11.8 Å². The molecule has 1 aromatic carbocycles. The van der Waals surface area contributed by atoms with Gasteiger partial charge in [-0.2, -0.15) is 10.5 Å². The van der Waals surface area contributed by atoms with E-state index in [-0.39, 0.29) is 11.5 Å². The molecule has 1 aromatic heterocycles. The molecule has 2 atom stereocenters. The zero-order valence-electron chi connectivity index (χ0n) is 21.0. The lowest BCUT2D eigenvalue weighted by Gasteiger charge is -2.36. The number of carbonyl (C=O) groups excluding carboxylic acids is 1. The van der Waals surface area contributed by atoms with Gasteiger partial charge in [0.2, 0.25) is 5.91 Å². The van der Waals surface area contributed by atoms with E-state index >= 15 is 0 Å². The fraction of sp³-hybridized carbons (Fsp3) is 0.481. The van der Waals surface area contributed by atoms with Crippen molar-refractivity contribution < 1.29 is 4.79 Å². The van der Waals surface area contributed by atoms with E-state index in [1.54, 1.807) is 0 Å². The molecule has 35 heavy (non-hydrogen) atoms. The monoisotopic (exact) mass is 490 g/mol. The molecule has 1 aliphatic rings. The van der Waals surface area contributed by atoms with Crippen molar-refractivity contribution in [1.29, 1.82) is 10.5 Å². The number of anilines is 1. The highest BCUT2D eigenvalue weighted by Crippen LogP contribution is 2.39. The Kier molecular flexibility index (Phi) is 8.77. The minimum Gasteiger partial charge on any atom is -0.368 e. The molecule has 1 aliphatic heterocycles. The molecular formula is C27H34N6OS. The van der Waals surface area contributed by atoms with E-state index < -0.39 is 11.2 Å². The summed E-state index contributed by atoms with van der Waals surface area (Å²) in [7, 11) is 0. The predicted molar refractivity (Wildman–Crippen MR) is 140 cm³/mol. The highest BCUT2D eigenvalue weighted by atomic mass is 32.2. The van der Waals surface area contributed by atoms with Gasteiger partial charge < -0.3 is 16.0 Å². The third kappa shape index (κ3) is 6.54. The normalized spacial score (nSPS) is 16.9. The van der Waals surface area contributed by atoms with Gasteiger partial charge in [0.05, 0.1) is 11.1 Å². The van der Waals surface area contributed by atoms with Crippen LogP contribution in [-0.4, -0.2) is 36.6 Å². The third-order valence-electron chi connectivity index (χ3n) is 6.06. The van der Waals surface area contributed by atoms with Crippen molar-refractivity contribution in [2.75, 3.05) is 24.5 Å². The van der Waals surface area contributed by atoms with Crippen LogP contribution in [0.25, 0.3) is 0 Å². The predicted octanol–water partition coefficient (Wildman–Crippen LogP) is 4.31. The molecule has 1 amide bonds. The Morgan fingerprint density at radius 3 is 2.51 bits per heavy atom.